The van der Waals surface area contributed by atoms with Crippen LogP contribution in [-0.4, -0.2) is 57.7 Å². The van der Waals surface area contributed by atoms with Crippen molar-refractivity contribution >= 4 is 17.0 Å². The van der Waals surface area contributed by atoms with Crippen LogP contribution in [0.2, 0.25) is 0 Å². The third-order valence-corrected chi connectivity index (χ3v) is 5.73. The standard InChI is InChI=1S/C19H26N6O3/c1-4-26-17-14-5-6-24(3)16(14)22-18(23-17)21-15-11-20-25(12(15)2)13-9-19(10-13)27-7-8-28-19/h5-6,13,20H,4,7-11H2,1-3H3,(H,21,22,23). The van der Waals surface area contributed by atoms with Crippen LogP contribution in [0.1, 0.15) is 26.7 Å². The largest absolute Gasteiger partial charge is 0.477 e. The number of allylic oxidation sites excluding steroid dienone is 1. The van der Waals surface area contributed by atoms with E-state index in [1.54, 1.807) is 0 Å². The fourth-order valence-electron chi connectivity index (χ4n) is 4.21. The fourth-order valence-corrected chi connectivity index (χ4v) is 4.21. The van der Waals surface area contributed by atoms with Gasteiger partial charge in [-0.05, 0) is 19.9 Å². The summed E-state index contributed by atoms with van der Waals surface area (Å²) in [5.74, 6) is 0.798. The predicted molar refractivity (Wildman–Crippen MR) is 103 cm³/mol. The topological polar surface area (TPSA) is 85.7 Å². The first kappa shape index (κ1) is 17.7. The van der Waals surface area contributed by atoms with Gasteiger partial charge in [-0.25, -0.2) is 5.43 Å². The van der Waals surface area contributed by atoms with Gasteiger partial charge in [0.2, 0.25) is 11.8 Å². The molecule has 0 aromatic carbocycles. The molecule has 1 spiro atoms. The van der Waals surface area contributed by atoms with Crippen LogP contribution in [0.15, 0.2) is 23.7 Å². The lowest BCUT2D eigenvalue weighted by Crippen LogP contribution is -2.57. The van der Waals surface area contributed by atoms with Crippen molar-refractivity contribution in [1.82, 2.24) is 25.0 Å². The fraction of sp³-hybridized carbons (Fsp3) is 0.579. The minimum Gasteiger partial charge on any atom is -0.477 e. The molecule has 1 saturated heterocycles. The van der Waals surface area contributed by atoms with E-state index >= 15 is 0 Å². The lowest BCUT2D eigenvalue weighted by atomic mass is 9.84. The third-order valence-electron chi connectivity index (χ3n) is 5.73. The van der Waals surface area contributed by atoms with Crippen LogP contribution < -0.4 is 15.5 Å². The molecule has 2 aromatic rings. The number of fused-ring (bicyclic) bond motifs is 1. The quantitative estimate of drug-likeness (QED) is 0.804. The zero-order chi connectivity index (χ0) is 19.3. The van der Waals surface area contributed by atoms with Gasteiger partial charge in [-0.3, -0.25) is 0 Å². The average molecular weight is 386 g/mol. The van der Waals surface area contributed by atoms with Crippen LogP contribution in [0.3, 0.4) is 0 Å². The molecule has 150 valence electrons. The summed E-state index contributed by atoms with van der Waals surface area (Å²) in [7, 11) is 1.97. The van der Waals surface area contributed by atoms with Gasteiger partial charge in [-0.2, -0.15) is 9.97 Å². The number of hydrogen-bond donors (Lipinski definition) is 2. The first-order valence-electron chi connectivity index (χ1n) is 9.82. The lowest BCUT2D eigenvalue weighted by Gasteiger charge is -2.47. The van der Waals surface area contributed by atoms with Gasteiger partial charge in [0.1, 0.15) is 5.65 Å². The molecule has 5 rings (SSSR count). The van der Waals surface area contributed by atoms with Crippen molar-refractivity contribution in [3.8, 4) is 5.88 Å². The maximum atomic E-state index is 5.76. The number of ether oxygens (including phenoxy) is 3. The third kappa shape index (κ3) is 2.81. The van der Waals surface area contributed by atoms with Gasteiger partial charge in [-0.1, -0.05) is 0 Å². The van der Waals surface area contributed by atoms with E-state index in [4.69, 9.17) is 14.2 Å². The zero-order valence-electron chi connectivity index (χ0n) is 16.5. The van der Waals surface area contributed by atoms with E-state index in [1.165, 1.54) is 0 Å². The van der Waals surface area contributed by atoms with Crippen molar-refractivity contribution < 1.29 is 14.2 Å². The average Bonchev–Trinajstić information content (AvgIpc) is 3.36. The molecule has 0 atom stereocenters. The van der Waals surface area contributed by atoms with Gasteiger partial charge in [0.05, 0.1) is 43.5 Å². The van der Waals surface area contributed by atoms with Gasteiger partial charge >= 0.3 is 0 Å². The summed E-state index contributed by atoms with van der Waals surface area (Å²) in [5, 5.41) is 6.52. The molecule has 2 aliphatic heterocycles. The van der Waals surface area contributed by atoms with Crippen molar-refractivity contribution in [2.24, 2.45) is 7.05 Å². The van der Waals surface area contributed by atoms with Crippen molar-refractivity contribution in [1.29, 1.82) is 0 Å². The van der Waals surface area contributed by atoms with Crippen LogP contribution in [0, 0.1) is 0 Å². The summed E-state index contributed by atoms with van der Waals surface area (Å²) < 4.78 is 19.2. The summed E-state index contributed by atoms with van der Waals surface area (Å²) >= 11 is 0. The van der Waals surface area contributed by atoms with E-state index in [0.717, 1.165) is 35.3 Å². The molecular formula is C19H26N6O3. The van der Waals surface area contributed by atoms with Crippen LogP contribution in [0.4, 0.5) is 5.95 Å². The number of hydrazine groups is 1. The molecule has 2 aromatic heterocycles. The molecule has 9 nitrogen and oxygen atoms in total. The van der Waals surface area contributed by atoms with Crippen molar-refractivity contribution in [2.75, 3.05) is 31.7 Å². The molecule has 9 heteroatoms. The number of anilines is 1. The molecule has 1 aliphatic carbocycles. The summed E-state index contributed by atoms with van der Waals surface area (Å²) in [4.78, 5) is 9.26. The Bertz CT molecular complexity index is 925. The monoisotopic (exact) mass is 386 g/mol. The van der Waals surface area contributed by atoms with Crippen LogP contribution in [0.25, 0.3) is 11.0 Å². The Labute approximate surface area is 163 Å². The maximum absolute atomic E-state index is 5.76. The van der Waals surface area contributed by atoms with Gasteiger partial charge in [0.25, 0.3) is 0 Å². The van der Waals surface area contributed by atoms with Crippen molar-refractivity contribution in [2.45, 2.75) is 38.5 Å². The second-order valence-electron chi connectivity index (χ2n) is 7.51. The summed E-state index contributed by atoms with van der Waals surface area (Å²) in [6, 6.07) is 2.35. The van der Waals surface area contributed by atoms with Crippen molar-refractivity contribution in [3.05, 3.63) is 23.7 Å². The van der Waals surface area contributed by atoms with Crippen LogP contribution in [-0.2, 0) is 16.5 Å². The predicted octanol–water partition coefficient (Wildman–Crippen LogP) is 1.74. The molecule has 0 radical (unpaired) electrons. The Morgan fingerprint density at radius 1 is 1.32 bits per heavy atom. The Morgan fingerprint density at radius 2 is 2.11 bits per heavy atom. The lowest BCUT2D eigenvalue weighted by molar-refractivity contribution is -0.233. The van der Waals surface area contributed by atoms with E-state index in [9.17, 15) is 0 Å². The maximum Gasteiger partial charge on any atom is 0.232 e. The Balaban J connectivity index is 1.35. The summed E-state index contributed by atoms with van der Waals surface area (Å²) in [6.07, 6.45) is 3.73. The number of aromatic nitrogens is 3. The van der Waals surface area contributed by atoms with Crippen LogP contribution in [0.5, 0.6) is 5.88 Å². The first-order chi connectivity index (χ1) is 13.6. The van der Waals surface area contributed by atoms with Gasteiger partial charge in [0.15, 0.2) is 5.79 Å². The Hall–Kier alpha value is -2.36. The molecule has 28 heavy (non-hydrogen) atoms. The second-order valence-corrected chi connectivity index (χ2v) is 7.51. The van der Waals surface area contributed by atoms with E-state index in [0.29, 0.717) is 44.2 Å². The molecule has 0 amide bonds. The zero-order valence-corrected chi connectivity index (χ0v) is 16.5. The number of hydrogen-bond acceptors (Lipinski definition) is 8. The molecule has 2 N–H and O–H groups in total. The molecule has 2 fully saturated rings. The Morgan fingerprint density at radius 3 is 2.86 bits per heavy atom. The van der Waals surface area contributed by atoms with Gasteiger partial charge < -0.3 is 29.1 Å². The molecule has 0 bridgehead atoms. The second kappa shape index (κ2) is 6.61. The van der Waals surface area contributed by atoms with Gasteiger partial charge in [-0.15, -0.1) is 0 Å². The van der Waals surface area contributed by atoms with E-state index in [-0.39, 0.29) is 5.79 Å². The number of nitrogens with zero attached hydrogens (tertiary/aromatic N) is 4. The highest BCUT2D eigenvalue weighted by Gasteiger charge is 2.52. The summed E-state index contributed by atoms with van der Waals surface area (Å²) in [6.45, 7) is 6.72. The van der Waals surface area contributed by atoms with Crippen LogP contribution >= 0.6 is 0 Å². The normalized spacial score (nSPS) is 21.8. The number of rotatable bonds is 5. The Kier molecular flexibility index (Phi) is 4.18. The number of aryl methyl sites for hydroxylation is 1. The first-order valence-corrected chi connectivity index (χ1v) is 9.82. The molecule has 1 saturated carbocycles. The van der Waals surface area contributed by atoms with E-state index in [1.807, 2.05) is 30.8 Å². The molecule has 3 aliphatic rings. The number of nitrogens with one attached hydrogen (secondary N) is 2. The highest BCUT2D eigenvalue weighted by Crippen LogP contribution is 2.43. The SMILES string of the molecule is CCOc1nc(NC2=C(C)N(C3CC4(C3)OCCO4)NC2)nc2c1ccn2C. The molecule has 0 unspecified atom stereocenters. The van der Waals surface area contributed by atoms with Crippen molar-refractivity contribution in [3.63, 3.8) is 0 Å². The smallest absolute Gasteiger partial charge is 0.232 e. The molecule has 4 heterocycles. The van der Waals surface area contributed by atoms with Gasteiger partial charge in [0, 0.05) is 31.8 Å². The molecular weight excluding hydrogens is 360 g/mol. The minimum atomic E-state index is -0.351. The van der Waals surface area contributed by atoms with E-state index in [2.05, 4.69) is 32.6 Å². The van der Waals surface area contributed by atoms with E-state index < -0.39 is 0 Å². The summed E-state index contributed by atoms with van der Waals surface area (Å²) in [5.41, 5.74) is 6.51. The highest BCUT2D eigenvalue weighted by molar-refractivity contribution is 5.82. The minimum absolute atomic E-state index is 0.351. The highest BCUT2D eigenvalue weighted by atomic mass is 16.7.